The average molecular weight is 321 g/mol. The molecule has 0 saturated heterocycles. The molecule has 0 amide bonds. The minimum atomic E-state index is 0.169. The Morgan fingerprint density at radius 2 is 2.21 bits per heavy atom. The maximum Gasteiger partial charge on any atom is 0.140 e. The lowest BCUT2D eigenvalue weighted by Crippen LogP contribution is -2.12. The van der Waals surface area contributed by atoms with Crippen LogP contribution in [0.1, 0.15) is 24.2 Å². The number of nitrogens with zero attached hydrogens (tertiary/aromatic N) is 2. The Labute approximate surface area is 121 Å². The van der Waals surface area contributed by atoms with Gasteiger partial charge < -0.3 is 9.67 Å². The number of aromatic nitrogens is 2. The van der Waals surface area contributed by atoms with E-state index in [0.29, 0.717) is 6.42 Å². The van der Waals surface area contributed by atoms with E-state index in [-0.39, 0.29) is 6.61 Å². The van der Waals surface area contributed by atoms with Crippen LogP contribution in [-0.4, -0.2) is 21.3 Å². The molecular weight excluding hydrogens is 304 g/mol. The number of halogens is 1. The van der Waals surface area contributed by atoms with E-state index < -0.39 is 0 Å². The smallest absolute Gasteiger partial charge is 0.140 e. The van der Waals surface area contributed by atoms with Crippen molar-refractivity contribution in [3.63, 3.8) is 0 Å². The highest BCUT2D eigenvalue weighted by atomic mass is 79.9. The lowest BCUT2D eigenvalue weighted by molar-refractivity contribution is 0.297. The van der Waals surface area contributed by atoms with Gasteiger partial charge in [-0.25, -0.2) is 4.98 Å². The molecule has 0 radical (unpaired) electrons. The van der Waals surface area contributed by atoms with Crippen LogP contribution in [0.2, 0.25) is 0 Å². The topological polar surface area (TPSA) is 38.1 Å². The molecule has 0 spiro atoms. The maximum absolute atomic E-state index is 9.19. The first-order valence-electron chi connectivity index (χ1n) is 6.74. The number of hydrogen-bond acceptors (Lipinski definition) is 2. The van der Waals surface area contributed by atoms with E-state index in [4.69, 9.17) is 4.98 Å². The Bertz CT molecular complexity index is 592. The molecule has 0 fully saturated rings. The van der Waals surface area contributed by atoms with Crippen LogP contribution >= 0.6 is 15.9 Å². The number of fused-ring (bicyclic) bond motifs is 1. The first-order chi connectivity index (χ1) is 9.29. The zero-order valence-corrected chi connectivity index (χ0v) is 12.4. The van der Waals surface area contributed by atoms with Gasteiger partial charge in [-0.05, 0) is 31.4 Å². The lowest BCUT2D eigenvalue weighted by atomic mass is 10.1. The lowest BCUT2D eigenvalue weighted by Gasteiger charge is -2.17. The molecule has 1 N–H and O–H groups in total. The number of imidazole rings is 1. The molecule has 3 nitrogen and oxygen atoms in total. The molecule has 1 aliphatic heterocycles. The second-order valence-corrected chi connectivity index (χ2v) is 5.84. The molecule has 1 aromatic heterocycles. The van der Waals surface area contributed by atoms with Crippen molar-refractivity contribution in [2.75, 3.05) is 6.61 Å². The Kier molecular flexibility index (Phi) is 3.71. The Balaban J connectivity index is 2.10. The Morgan fingerprint density at radius 1 is 1.32 bits per heavy atom. The van der Waals surface area contributed by atoms with Crippen molar-refractivity contribution < 1.29 is 5.11 Å². The van der Waals surface area contributed by atoms with Crippen LogP contribution in [0, 0.1) is 0 Å². The molecule has 0 bridgehead atoms. The van der Waals surface area contributed by atoms with Crippen LogP contribution < -0.4 is 0 Å². The summed E-state index contributed by atoms with van der Waals surface area (Å²) in [6.07, 6.45) is 4.17. The summed E-state index contributed by atoms with van der Waals surface area (Å²) in [6.45, 7) is 1.21. The van der Waals surface area contributed by atoms with E-state index in [0.717, 1.165) is 34.5 Å². The van der Waals surface area contributed by atoms with Crippen molar-refractivity contribution in [1.82, 2.24) is 9.55 Å². The summed E-state index contributed by atoms with van der Waals surface area (Å²) in [6, 6.07) is 8.26. The van der Waals surface area contributed by atoms with Crippen LogP contribution in [-0.2, 0) is 19.4 Å². The van der Waals surface area contributed by atoms with E-state index >= 15 is 0 Å². The van der Waals surface area contributed by atoms with Gasteiger partial charge in [-0.3, -0.25) is 0 Å². The van der Waals surface area contributed by atoms with Gasteiger partial charge in [0.05, 0.1) is 5.69 Å². The number of aliphatic hydroxyl groups is 1. The second kappa shape index (κ2) is 5.47. The van der Waals surface area contributed by atoms with Crippen LogP contribution in [0.15, 0.2) is 28.7 Å². The van der Waals surface area contributed by atoms with Gasteiger partial charge >= 0.3 is 0 Å². The second-order valence-electron chi connectivity index (χ2n) is 4.92. The Hall–Kier alpha value is -1.13. The third kappa shape index (κ3) is 2.47. The van der Waals surface area contributed by atoms with Crippen LogP contribution in [0.5, 0.6) is 0 Å². The third-order valence-electron chi connectivity index (χ3n) is 3.63. The van der Waals surface area contributed by atoms with Crippen molar-refractivity contribution >= 4 is 15.9 Å². The van der Waals surface area contributed by atoms with Crippen LogP contribution in [0.4, 0.5) is 0 Å². The number of aliphatic hydroxyl groups excluding tert-OH is 1. The first-order valence-corrected chi connectivity index (χ1v) is 7.54. The summed E-state index contributed by atoms with van der Waals surface area (Å²) in [5, 5.41) is 9.19. The molecule has 2 heterocycles. The largest absolute Gasteiger partial charge is 0.396 e. The Morgan fingerprint density at radius 3 is 3.00 bits per heavy atom. The summed E-state index contributed by atoms with van der Waals surface area (Å²) in [7, 11) is 0. The SMILES string of the molecule is OCCc1nc(-c2cccc(Br)c2)n2c1CCCC2. The maximum atomic E-state index is 9.19. The molecule has 0 unspecified atom stereocenters. The van der Waals surface area contributed by atoms with E-state index in [2.05, 4.69) is 32.6 Å². The average Bonchev–Trinajstić information content (AvgIpc) is 2.79. The summed E-state index contributed by atoms with van der Waals surface area (Å²) >= 11 is 3.52. The summed E-state index contributed by atoms with van der Waals surface area (Å²) in [5.74, 6) is 1.04. The molecule has 0 atom stereocenters. The standard InChI is InChI=1S/C15H17BrN2O/c16-12-5-3-4-11(10-12)15-17-13(7-9-19)14-6-1-2-8-18(14)15/h3-5,10,19H,1-2,6-9H2. The predicted octanol–water partition coefficient (Wildman–Crippen LogP) is 3.18. The number of benzene rings is 1. The third-order valence-corrected chi connectivity index (χ3v) is 4.13. The van der Waals surface area contributed by atoms with Gasteiger partial charge in [0, 0.05) is 35.3 Å². The molecule has 4 heteroatoms. The zero-order chi connectivity index (χ0) is 13.2. The highest BCUT2D eigenvalue weighted by Crippen LogP contribution is 2.29. The van der Waals surface area contributed by atoms with E-state index in [9.17, 15) is 5.11 Å². The van der Waals surface area contributed by atoms with E-state index in [1.807, 2.05) is 12.1 Å². The quantitative estimate of drug-likeness (QED) is 0.943. The fourth-order valence-electron chi connectivity index (χ4n) is 2.77. The minimum Gasteiger partial charge on any atom is -0.396 e. The first kappa shape index (κ1) is 12.9. The fourth-order valence-corrected chi connectivity index (χ4v) is 3.17. The summed E-state index contributed by atoms with van der Waals surface area (Å²) in [4.78, 5) is 4.78. The van der Waals surface area contributed by atoms with Gasteiger partial charge in [0.2, 0.25) is 0 Å². The number of hydrogen-bond donors (Lipinski definition) is 1. The van der Waals surface area contributed by atoms with Crippen molar-refractivity contribution in [3.8, 4) is 11.4 Å². The molecule has 100 valence electrons. The zero-order valence-electron chi connectivity index (χ0n) is 10.8. The van der Waals surface area contributed by atoms with Gasteiger partial charge in [-0.2, -0.15) is 0 Å². The minimum absolute atomic E-state index is 0.169. The summed E-state index contributed by atoms with van der Waals surface area (Å²) in [5.41, 5.74) is 3.52. The summed E-state index contributed by atoms with van der Waals surface area (Å²) < 4.78 is 3.40. The van der Waals surface area contributed by atoms with E-state index in [1.165, 1.54) is 18.5 Å². The molecular formula is C15H17BrN2O. The van der Waals surface area contributed by atoms with Crippen molar-refractivity contribution in [1.29, 1.82) is 0 Å². The highest BCUT2D eigenvalue weighted by Gasteiger charge is 2.20. The van der Waals surface area contributed by atoms with E-state index in [1.54, 1.807) is 0 Å². The monoisotopic (exact) mass is 320 g/mol. The fraction of sp³-hybridized carbons (Fsp3) is 0.400. The predicted molar refractivity (Wildman–Crippen MR) is 79.1 cm³/mol. The van der Waals surface area contributed by atoms with Gasteiger partial charge in [0.25, 0.3) is 0 Å². The van der Waals surface area contributed by atoms with Gasteiger partial charge in [-0.15, -0.1) is 0 Å². The van der Waals surface area contributed by atoms with Crippen molar-refractivity contribution in [3.05, 3.63) is 40.1 Å². The number of rotatable bonds is 3. The molecule has 1 aliphatic rings. The molecule has 0 aliphatic carbocycles. The molecule has 0 saturated carbocycles. The van der Waals surface area contributed by atoms with Crippen molar-refractivity contribution in [2.24, 2.45) is 0 Å². The van der Waals surface area contributed by atoms with Crippen LogP contribution in [0.3, 0.4) is 0 Å². The normalized spacial score (nSPS) is 14.4. The van der Waals surface area contributed by atoms with Gasteiger partial charge in [0.15, 0.2) is 0 Å². The highest BCUT2D eigenvalue weighted by molar-refractivity contribution is 9.10. The van der Waals surface area contributed by atoms with Crippen LogP contribution in [0.25, 0.3) is 11.4 Å². The molecule has 19 heavy (non-hydrogen) atoms. The van der Waals surface area contributed by atoms with Gasteiger partial charge in [0.1, 0.15) is 5.82 Å². The molecule has 2 aromatic rings. The molecule has 1 aromatic carbocycles. The molecule has 3 rings (SSSR count). The van der Waals surface area contributed by atoms with Crippen molar-refractivity contribution in [2.45, 2.75) is 32.2 Å². The van der Waals surface area contributed by atoms with Gasteiger partial charge in [-0.1, -0.05) is 28.1 Å².